The lowest BCUT2D eigenvalue weighted by atomic mass is 9.95. The van der Waals surface area contributed by atoms with Gasteiger partial charge in [0.15, 0.2) is 0 Å². The van der Waals surface area contributed by atoms with Crippen molar-refractivity contribution in [3.8, 4) is 0 Å². The number of carbonyl (C=O) groups excluding carboxylic acids is 1. The Hall–Kier alpha value is -2.18. The maximum atomic E-state index is 12.8. The molecule has 1 unspecified atom stereocenters. The predicted molar refractivity (Wildman–Crippen MR) is 122 cm³/mol. The van der Waals surface area contributed by atoms with Crippen LogP contribution in [0.15, 0.2) is 78.2 Å². The van der Waals surface area contributed by atoms with E-state index in [-0.39, 0.29) is 36.3 Å². The van der Waals surface area contributed by atoms with Gasteiger partial charge in [-0.1, -0.05) is 66.7 Å². The highest BCUT2D eigenvalue weighted by Crippen LogP contribution is 2.28. The van der Waals surface area contributed by atoms with Crippen LogP contribution in [-0.2, 0) is 4.79 Å². The van der Waals surface area contributed by atoms with Crippen molar-refractivity contribution >= 4 is 29.7 Å². The first-order valence-electron chi connectivity index (χ1n) is 9.61. The Morgan fingerprint density at radius 2 is 1.72 bits per heavy atom. The molecule has 3 aromatic rings. The van der Waals surface area contributed by atoms with E-state index >= 15 is 0 Å². The van der Waals surface area contributed by atoms with Gasteiger partial charge in [0.05, 0.1) is 12.6 Å². The summed E-state index contributed by atoms with van der Waals surface area (Å²) in [5.41, 5.74) is 8.72. The van der Waals surface area contributed by atoms with Crippen LogP contribution < -0.4 is 11.1 Å². The molecule has 4 rings (SSSR count). The number of benzene rings is 2. The van der Waals surface area contributed by atoms with Crippen molar-refractivity contribution in [3.05, 3.63) is 94.2 Å². The number of hydrogen-bond donors (Lipinski definition) is 2. The van der Waals surface area contributed by atoms with Gasteiger partial charge < -0.3 is 11.1 Å². The van der Waals surface area contributed by atoms with E-state index in [9.17, 15) is 4.79 Å². The summed E-state index contributed by atoms with van der Waals surface area (Å²) < 4.78 is 0. The summed E-state index contributed by atoms with van der Waals surface area (Å²) in [7, 11) is 0. The molecule has 3 N–H and O–H groups in total. The number of likely N-dealkylation sites (tertiary alicyclic amines) is 1. The topological polar surface area (TPSA) is 58.4 Å². The van der Waals surface area contributed by atoms with Gasteiger partial charge in [-0.2, -0.15) is 0 Å². The number of nitrogens with two attached hydrogens (primary N) is 1. The second-order valence-corrected chi connectivity index (χ2v) is 8.28. The Morgan fingerprint density at radius 1 is 1.03 bits per heavy atom. The Balaban J connectivity index is 0.00000240. The van der Waals surface area contributed by atoms with Crippen LogP contribution in [0.2, 0.25) is 0 Å². The number of rotatable bonds is 6. The van der Waals surface area contributed by atoms with Crippen LogP contribution >= 0.6 is 23.7 Å². The molecule has 0 aliphatic carbocycles. The van der Waals surface area contributed by atoms with Gasteiger partial charge in [-0.3, -0.25) is 9.69 Å². The van der Waals surface area contributed by atoms with Crippen LogP contribution in [0.3, 0.4) is 0 Å². The highest BCUT2D eigenvalue weighted by Gasteiger charge is 2.32. The SMILES string of the molecule is Cl.N[C@@H]1CN(CC(=O)NC(c2ccccc2)c2cccs2)C[C@H]1c1ccccc1. The zero-order chi connectivity index (χ0) is 19.3. The molecule has 1 aliphatic rings. The maximum Gasteiger partial charge on any atom is 0.234 e. The summed E-state index contributed by atoms with van der Waals surface area (Å²) in [5, 5.41) is 5.26. The van der Waals surface area contributed by atoms with Crippen LogP contribution in [0.5, 0.6) is 0 Å². The highest BCUT2D eigenvalue weighted by atomic mass is 35.5. The van der Waals surface area contributed by atoms with E-state index in [0.29, 0.717) is 6.54 Å². The summed E-state index contributed by atoms with van der Waals surface area (Å²) >= 11 is 1.66. The molecule has 1 aliphatic heterocycles. The summed E-state index contributed by atoms with van der Waals surface area (Å²) in [4.78, 5) is 16.1. The van der Waals surface area contributed by atoms with Crippen LogP contribution in [-0.4, -0.2) is 36.5 Å². The third kappa shape index (κ3) is 5.25. The molecule has 1 saturated heterocycles. The second kappa shape index (κ2) is 10.0. The van der Waals surface area contributed by atoms with Gasteiger partial charge in [0, 0.05) is 29.9 Å². The van der Waals surface area contributed by atoms with Crippen molar-refractivity contribution in [3.63, 3.8) is 0 Å². The number of nitrogens with zero attached hydrogens (tertiary/aromatic N) is 1. The molecule has 0 bridgehead atoms. The lowest BCUT2D eigenvalue weighted by molar-refractivity contribution is -0.122. The van der Waals surface area contributed by atoms with Gasteiger partial charge in [0.25, 0.3) is 0 Å². The fourth-order valence-corrected chi connectivity index (χ4v) is 4.73. The maximum absolute atomic E-state index is 12.8. The first kappa shape index (κ1) is 21.5. The number of halogens is 1. The van der Waals surface area contributed by atoms with E-state index in [0.717, 1.165) is 23.5 Å². The largest absolute Gasteiger partial charge is 0.343 e. The van der Waals surface area contributed by atoms with Gasteiger partial charge in [-0.05, 0) is 22.6 Å². The standard InChI is InChI=1S/C23H25N3OS.ClH/c24-20-15-26(14-19(20)17-8-3-1-4-9-17)16-22(27)25-23(21-12-7-13-28-21)18-10-5-2-6-11-18;/h1-13,19-20,23H,14-16,24H2,(H,25,27);1H/t19-,20+,23?;/m0./s1. The smallest absolute Gasteiger partial charge is 0.234 e. The quantitative estimate of drug-likeness (QED) is 0.629. The average Bonchev–Trinajstić information content (AvgIpc) is 3.37. The van der Waals surface area contributed by atoms with Crippen LogP contribution in [0.1, 0.15) is 28.0 Å². The molecule has 1 aromatic heterocycles. The molecule has 6 heteroatoms. The lowest BCUT2D eigenvalue weighted by Crippen LogP contribution is -2.39. The first-order chi connectivity index (χ1) is 13.7. The summed E-state index contributed by atoms with van der Waals surface area (Å²) in [5.74, 6) is 0.305. The molecule has 29 heavy (non-hydrogen) atoms. The number of carbonyl (C=O) groups is 1. The Kier molecular flexibility index (Phi) is 7.45. The normalized spacial score (nSPS) is 20.0. The molecular formula is C23H26ClN3OS. The summed E-state index contributed by atoms with van der Waals surface area (Å²) in [6.07, 6.45) is 0. The number of thiophene rings is 1. The van der Waals surface area contributed by atoms with Crippen molar-refractivity contribution in [2.45, 2.75) is 18.0 Å². The summed E-state index contributed by atoms with van der Waals surface area (Å²) in [6.45, 7) is 1.92. The molecule has 4 nitrogen and oxygen atoms in total. The van der Waals surface area contributed by atoms with Crippen molar-refractivity contribution in [2.24, 2.45) is 5.73 Å². The van der Waals surface area contributed by atoms with E-state index in [1.807, 2.05) is 47.8 Å². The zero-order valence-electron chi connectivity index (χ0n) is 16.1. The first-order valence-corrected chi connectivity index (χ1v) is 10.5. The molecule has 152 valence electrons. The fourth-order valence-electron chi connectivity index (χ4n) is 3.92. The summed E-state index contributed by atoms with van der Waals surface area (Å²) in [6, 6.07) is 24.5. The van der Waals surface area contributed by atoms with Crippen LogP contribution in [0.25, 0.3) is 0 Å². The van der Waals surface area contributed by atoms with Crippen LogP contribution in [0, 0.1) is 0 Å². The van der Waals surface area contributed by atoms with Gasteiger partial charge in [0.2, 0.25) is 5.91 Å². The predicted octanol–water partition coefficient (Wildman–Crippen LogP) is 3.80. The molecular weight excluding hydrogens is 402 g/mol. The minimum Gasteiger partial charge on any atom is -0.343 e. The zero-order valence-corrected chi connectivity index (χ0v) is 17.7. The lowest BCUT2D eigenvalue weighted by Gasteiger charge is -2.21. The van der Waals surface area contributed by atoms with Crippen LogP contribution in [0.4, 0.5) is 0 Å². The third-order valence-electron chi connectivity index (χ3n) is 5.30. The Bertz CT molecular complexity index is 889. The minimum absolute atomic E-state index is 0. The number of amides is 1. The van der Waals surface area contributed by atoms with Crippen molar-refractivity contribution in [2.75, 3.05) is 19.6 Å². The van der Waals surface area contributed by atoms with Gasteiger partial charge in [-0.15, -0.1) is 23.7 Å². The Morgan fingerprint density at radius 3 is 2.38 bits per heavy atom. The van der Waals surface area contributed by atoms with Gasteiger partial charge in [0.1, 0.15) is 0 Å². The van der Waals surface area contributed by atoms with E-state index in [1.54, 1.807) is 11.3 Å². The highest BCUT2D eigenvalue weighted by molar-refractivity contribution is 7.10. The van der Waals surface area contributed by atoms with E-state index in [1.165, 1.54) is 5.56 Å². The number of nitrogens with one attached hydrogen (secondary N) is 1. The van der Waals surface area contributed by atoms with E-state index in [2.05, 4.69) is 40.5 Å². The van der Waals surface area contributed by atoms with E-state index < -0.39 is 0 Å². The minimum atomic E-state index is -0.116. The van der Waals surface area contributed by atoms with Gasteiger partial charge >= 0.3 is 0 Å². The molecule has 0 spiro atoms. The monoisotopic (exact) mass is 427 g/mol. The van der Waals surface area contributed by atoms with Crippen molar-refractivity contribution < 1.29 is 4.79 Å². The van der Waals surface area contributed by atoms with Crippen molar-refractivity contribution in [1.29, 1.82) is 0 Å². The fraction of sp³-hybridized carbons (Fsp3) is 0.261. The third-order valence-corrected chi connectivity index (χ3v) is 6.24. The molecule has 1 amide bonds. The van der Waals surface area contributed by atoms with Crippen molar-refractivity contribution in [1.82, 2.24) is 10.2 Å². The molecule has 2 heterocycles. The number of hydrogen-bond acceptors (Lipinski definition) is 4. The molecule has 1 fully saturated rings. The second-order valence-electron chi connectivity index (χ2n) is 7.30. The van der Waals surface area contributed by atoms with Gasteiger partial charge in [-0.25, -0.2) is 0 Å². The Labute approximate surface area is 182 Å². The molecule has 2 aromatic carbocycles. The molecule has 3 atom stereocenters. The average molecular weight is 428 g/mol. The molecule has 0 saturated carbocycles. The molecule has 0 radical (unpaired) electrons. The van der Waals surface area contributed by atoms with E-state index in [4.69, 9.17) is 5.73 Å².